The zero-order chi connectivity index (χ0) is 13.8. The summed E-state index contributed by atoms with van der Waals surface area (Å²) >= 11 is 0.713. The molecule has 0 aliphatic heterocycles. The maximum atomic E-state index is 11.9. The zero-order valence-corrected chi connectivity index (χ0v) is 12.4. The zero-order valence-electron chi connectivity index (χ0n) is 10.7. The third-order valence-corrected chi connectivity index (χ3v) is 5.29. The molecular formula is C10H19N3O3S2. The molecule has 104 valence electrons. The molecule has 1 aromatic heterocycles. The fraction of sp³-hybridized carbons (Fsp3) is 0.700. The summed E-state index contributed by atoms with van der Waals surface area (Å²) in [5.74, 6) is 0. The van der Waals surface area contributed by atoms with Crippen LogP contribution in [0.5, 0.6) is 0 Å². The number of sulfonamides is 1. The Morgan fingerprint density at radius 1 is 1.33 bits per heavy atom. The van der Waals surface area contributed by atoms with Crippen molar-refractivity contribution in [3.05, 3.63) is 15.4 Å². The largest absolute Gasteiger partial charge is 0.315 e. The summed E-state index contributed by atoms with van der Waals surface area (Å²) in [7, 11) is -3.56. The molecule has 8 heteroatoms. The number of hydrogen-bond donors (Lipinski definition) is 3. The SMILES string of the molecule is Cc1[nH]c(=O)sc1S(=O)(=O)NCCCNC(C)C. The van der Waals surface area contributed by atoms with Crippen LogP contribution in [0, 0.1) is 6.92 Å². The molecule has 1 heterocycles. The molecule has 0 aliphatic carbocycles. The van der Waals surface area contributed by atoms with Crippen LogP contribution in [0.4, 0.5) is 0 Å². The molecule has 0 aromatic carbocycles. The van der Waals surface area contributed by atoms with Gasteiger partial charge in [-0.25, -0.2) is 13.1 Å². The highest BCUT2D eigenvalue weighted by Crippen LogP contribution is 2.14. The lowest BCUT2D eigenvalue weighted by atomic mass is 10.3. The Labute approximate surface area is 111 Å². The molecule has 0 saturated heterocycles. The highest BCUT2D eigenvalue weighted by atomic mass is 32.2. The molecule has 0 bridgehead atoms. The summed E-state index contributed by atoms with van der Waals surface area (Å²) in [6.07, 6.45) is 0.704. The van der Waals surface area contributed by atoms with Gasteiger partial charge in [0.1, 0.15) is 0 Å². The topological polar surface area (TPSA) is 91.1 Å². The van der Waals surface area contributed by atoms with Crippen molar-refractivity contribution >= 4 is 21.4 Å². The van der Waals surface area contributed by atoms with Gasteiger partial charge in [0.2, 0.25) is 0 Å². The van der Waals surface area contributed by atoms with Gasteiger partial charge in [-0.05, 0) is 19.9 Å². The van der Waals surface area contributed by atoms with Crippen molar-refractivity contribution in [2.45, 2.75) is 37.4 Å². The predicted molar refractivity (Wildman–Crippen MR) is 72.6 cm³/mol. The van der Waals surface area contributed by atoms with Crippen LogP contribution >= 0.6 is 11.3 Å². The van der Waals surface area contributed by atoms with Crippen LogP contribution in [0.25, 0.3) is 0 Å². The molecule has 1 rings (SSSR count). The molecular weight excluding hydrogens is 274 g/mol. The third kappa shape index (κ3) is 4.52. The third-order valence-electron chi connectivity index (χ3n) is 2.22. The van der Waals surface area contributed by atoms with E-state index < -0.39 is 10.0 Å². The average molecular weight is 293 g/mol. The first-order valence-electron chi connectivity index (χ1n) is 5.75. The Bertz CT molecular complexity index is 531. The lowest BCUT2D eigenvalue weighted by molar-refractivity contribution is 0.555. The second-order valence-electron chi connectivity index (χ2n) is 4.29. The van der Waals surface area contributed by atoms with Gasteiger partial charge < -0.3 is 10.3 Å². The van der Waals surface area contributed by atoms with E-state index in [9.17, 15) is 13.2 Å². The van der Waals surface area contributed by atoms with E-state index >= 15 is 0 Å². The first-order chi connectivity index (χ1) is 8.33. The summed E-state index contributed by atoms with van der Waals surface area (Å²) < 4.78 is 26.3. The molecule has 0 spiro atoms. The summed E-state index contributed by atoms with van der Waals surface area (Å²) in [5.41, 5.74) is 0.387. The number of aromatic nitrogens is 1. The van der Waals surface area contributed by atoms with E-state index in [0.29, 0.717) is 36.0 Å². The highest BCUT2D eigenvalue weighted by molar-refractivity contribution is 7.91. The Morgan fingerprint density at radius 2 is 2.00 bits per heavy atom. The van der Waals surface area contributed by atoms with Crippen LogP contribution in [0.2, 0.25) is 0 Å². The van der Waals surface area contributed by atoms with Gasteiger partial charge in [0.25, 0.3) is 10.0 Å². The molecule has 1 aromatic rings. The van der Waals surface area contributed by atoms with Gasteiger partial charge in [0, 0.05) is 18.3 Å². The van der Waals surface area contributed by atoms with Crippen molar-refractivity contribution in [2.75, 3.05) is 13.1 Å². The van der Waals surface area contributed by atoms with E-state index in [2.05, 4.69) is 15.0 Å². The van der Waals surface area contributed by atoms with Crippen LogP contribution in [0.1, 0.15) is 26.0 Å². The summed E-state index contributed by atoms with van der Waals surface area (Å²) in [6, 6.07) is 0.388. The van der Waals surface area contributed by atoms with Crippen LogP contribution in [-0.2, 0) is 10.0 Å². The number of H-pyrrole nitrogens is 1. The summed E-state index contributed by atoms with van der Waals surface area (Å²) in [5, 5.41) is 3.20. The minimum Gasteiger partial charge on any atom is -0.315 e. The second-order valence-corrected chi connectivity index (χ2v) is 7.23. The first-order valence-corrected chi connectivity index (χ1v) is 8.05. The normalized spacial score (nSPS) is 12.2. The Morgan fingerprint density at radius 3 is 2.50 bits per heavy atom. The lowest BCUT2D eigenvalue weighted by Crippen LogP contribution is -2.29. The quantitative estimate of drug-likeness (QED) is 0.635. The van der Waals surface area contributed by atoms with E-state index in [4.69, 9.17) is 0 Å². The average Bonchev–Trinajstić information content (AvgIpc) is 2.57. The number of rotatable bonds is 7. The molecule has 0 saturated carbocycles. The number of thiazole rings is 1. The van der Waals surface area contributed by atoms with E-state index in [1.54, 1.807) is 6.92 Å². The Hall–Kier alpha value is -0.700. The van der Waals surface area contributed by atoms with Crippen molar-refractivity contribution in [2.24, 2.45) is 0 Å². The van der Waals surface area contributed by atoms with Crippen molar-refractivity contribution in [1.82, 2.24) is 15.0 Å². The van der Waals surface area contributed by atoms with Crippen LogP contribution in [0.3, 0.4) is 0 Å². The fourth-order valence-electron chi connectivity index (χ4n) is 1.40. The molecule has 0 aliphatic rings. The molecule has 0 unspecified atom stereocenters. The van der Waals surface area contributed by atoms with Gasteiger partial charge in [-0.3, -0.25) is 4.79 Å². The van der Waals surface area contributed by atoms with Crippen LogP contribution < -0.4 is 14.9 Å². The van der Waals surface area contributed by atoms with E-state index in [1.165, 1.54) is 0 Å². The maximum Gasteiger partial charge on any atom is 0.305 e. The van der Waals surface area contributed by atoms with Crippen LogP contribution in [-0.4, -0.2) is 32.5 Å². The minimum absolute atomic E-state index is 0.0734. The molecule has 3 N–H and O–H groups in total. The van der Waals surface area contributed by atoms with E-state index in [0.717, 1.165) is 6.54 Å². The molecule has 6 nitrogen and oxygen atoms in total. The molecule has 0 fully saturated rings. The van der Waals surface area contributed by atoms with Crippen molar-refractivity contribution < 1.29 is 8.42 Å². The first kappa shape index (κ1) is 15.4. The standard InChI is InChI=1S/C10H19N3O3S2/c1-7(2)11-5-4-6-12-18(15,16)9-8(3)13-10(14)17-9/h7,11-12H,4-6H2,1-3H3,(H,13,14). The van der Waals surface area contributed by atoms with Crippen LogP contribution in [0.15, 0.2) is 9.00 Å². The molecule has 0 radical (unpaired) electrons. The lowest BCUT2D eigenvalue weighted by Gasteiger charge is -2.08. The summed E-state index contributed by atoms with van der Waals surface area (Å²) in [4.78, 5) is 13.2. The van der Waals surface area contributed by atoms with E-state index in [1.807, 2.05) is 13.8 Å². The predicted octanol–water partition coefficient (Wildman–Crippen LogP) is 0.411. The molecule has 18 heavy (non-hydrogen) atoms. The van der Waals surface area contributed by atoms with Gasteiger partial charge in [-0.1, -0.05) is 25.2 Å². The number of hydrogen-bond acceptors (Lipinski definition) is 5. The highest BCUT2D eigenvalue weighted by Gasteiger charge is 2.19. The monoisotopic (exact) mass is 293 g/mol. The smallest absolute Gasteiger partial charge is 0.305 e. The summed E-state index contributed by atoms with van der Waals surface area (Å²) in [6.45, 7) is 6.75. The van der Waals surface area contributed by atoms with Gasteiger partial charge in [0.05, 0.1) is 0 Å². The number of nitrogens with one attached hydrogen (secondary N) is 3. The number of aryl methyl sites for hydroxylation is 1. The van der Waals surface area contributed by atoms with Gasteiger partial charge >= 0.3 is 4.87 Å². The second kappa shape index (κ2) is 6.46. The van der Waals surface area contributed by atoms with Gasteiger partial charge in [-0.15, -0.1) is 0 Å². The van der Waals surface area contributed by atoms with Gasteiger partial charge in [-0.2, -0.15) is 0 Å². The molecule has 0 atom stereocenters. The molecule has 0 amide bonds. The van der Waals surface area contributed by atoms with Crippen molar-refractivity contribution in [3.63, 3.8) is 0 Å². The van der Waals surface area contributed by atoms with Gasteiger partial charge in [0.15, 0.2) is 4.21 Å². The maximum absolute atomic E-state index is 11.9. The Kier molecular flexibility index (Phi) is 5.51. The van der Waals surface area contributed by atoms with Crippen molar-refractivity contribution in [1.29, 1.82) is 0 Å². The van der Waals surface area contributed by atoms with E-state index in [-0.39, 0.29) is 9.08 Å². The fourth-order valence-corrected chi connectivity index (χ4v) is 3.82. The Balaban J connectivity index is 2.51. The van der Waals surface area contributed by atoms with Crippen molar-refractivity contribution in [3.8, 4) is 0 Å². The number of aromatic amines is 1. The minimum atomic E-state index is -3.56.